The molecule has 1 aliphatic heterocycles. The molecule has 0 amide bonds. The van der Waals surface area contributed by atoms with Crippen molar-refractivity contribution >= 4 is 0 Å². The predicted octanol–water partition coefficient (Wildman–Crippen LogP) is 1.01. The lowest BCUT2D eigenvalue weighted by Gasteiger charge is -2.04. The lowest BCUT2D eigenvalue weighted by atomic mass is 10.0. The Bertz CT molecular complexity index is 286. The Hall–Kier alpha value is -0.900. The van der Waals surface area contributed by atoms with E-state index in [4.69, 9.17) is 0 Å². The predicted molar refractivity (Wildman–Crippen MR) is 55.1 cm³/mol. The lowest BCUT2D eigenvalue weighted by molar-refractivity contribution is 0.514. The fourth-order valence-electron chi connectivity index (χ4n) is 1.84. The summed E-state index contributed by atoms with van der Waals surface area (Å²) in [5.41, 5.74) is 1.13. The van der Waals surface area contributed by atoms with Crippen molar-refractivity contribution < 1.29 is 0 Å². The highest BCUT2D eigenvalue weighted by atomic mass is 15.4. The second kappa shape index (κ2) is 4.09. The standard InChI is InChI=1S/C10H18N4/c1-8(2)14-7-10(12-13-14)5-9-3-4-11-6-9/h7-9,11H,3-6H2,1-2H3. The molecule has 4 heteroatoms. The van der Waals surface area contributed by atoms with Crippen LogP contribution in [0, 0.1) is 5.92 Å². The van der Waals surface area contributed by atoms with Gasteiger partial charge in [-0.15, -0.1) is 5.10 Å². The van der Waals surface area contributed by atoms with E-state index >= 15 is 0 Å². The summed E-state index contributed by atoms with van der Waals surface area (Å²) in [6.45, 7) is 6.53. The minimum absolute atomic E-state index is 0.415. The van der Waals surface area contributed by atoms with Crippen LogP contribution >= 0.6 is 0 Å². The number of hydrogen-bond acceptors (Lipinski definition) is 3. The first-order chi connectivity index (χ1) is 6.75. The van der Waals surface area contributed by atoms with Gasteiger partial charge in [0.25, 0.3) is 0 Å². The Morgan fingerprint density at radius 3 is 3.07 bits per heavy atom. The summed E-state index contributed by atoms with van der Waals surface area (Å²) in [6.07, 6.45) is 4.41. The van der Waals surface area contributed by atoms with Crippen LogP contribution in [-0.4, -0.2) is 28.1 Å². The Balaban J connectivity index is 1.95. The van der Waals surface area contributed by atoms with Crippen molar-refractivity contribution in [2.24, 2.45) is 5.92 Å². The van der Waals surface area contributed by atoms with Crippen molar-refractivity contribution in [3.05, 3.63) is 11.9 Å². The van der Waals surface area contributed by atoms with Gasteiger partial charge in [-0.25, -0.2) is 4.68 Å². The third-order valence-electron chi connectivity index (χ3n) is 2.75. The van der Waals surface area contributed by atoms with Gasteiger partial charge in [-0.2, -0.15) is 0 Å². The molecule has 0 saturated carbocycles. The van der Waals surface area contributed by atoms with E-state index in [0.29, 0.717) is 6.04 Å². The van der Waals surface area contributed by atoms with Crippen LogP contribution in [-0.2, 0) is 6.42 Å². The van der Waals surface area contributed by atoms with Gasteiger partial charge in [0.05, 0.1) is 5.69 Å². The first kappa shape index (κ1) is 9.65. The molecule has 0 aliphatic carbocycles. The monoisotopic (exact) mass is 194 g/mol. The van der Waals surface area contributed by atoms with Crippen LogP contribution in [0.2, 0.25) is 0 Å². The van der Waals surface area contributed by atoms with Crippen molar-refractivity contribution in [3.8, 4) is 0 Å². The van der Waals surface area contributed by atoms with Crippen LogP contribution < -0.4 is 5.32 Å². The van der Waals surface area contributed by atoms with Crippen LogP contribution in [0.5, 0.6) is 0 Å². The van der Waals surface area contributed by atoms with E-state index < -0.39 is 0 Å². The molecule has 1 aromatic heterocycles. The fraction of sp³-hybridized carbons (Fsp3) is 0.800. The van der Waals surface area contributed by atoms with E-state index in [-0.39, 0.29) is 0 Å². The maximum absolute atomic E-state index is 4.19. The molecule has 1 fully saturated rings. The van der Waals surface area contributed by atoms with Gasteiger partial charge < -0.3 is 5.32 Å². The summed E-state index contributed by atoms with van der Waals surface area (Å²) in [5.74, 6) is 0.757. The third-order valence-corrected chi connectivity index (χ3v) is 2.75. The summed E-state index contributed by atoms with van der Waals surface area (Å²) >= 11 is 0. The Kier molecular flexibility index (Phi) is 2.82. The molecule has 0 bridgehead atoms. The lowest BCUT2D eigenvalue weighted by Crippen LogP contribution is -2.10. The summed E-state index contributed by atoms with van der Waals surface area (Å²) in [6, 6.07) is 0.415. The normalized spacial score (nSPS) is 22.1. The van der Waals surface area contributed by atoms with E-state index in [1.54, 1.807) is 0 Å². The molecule has 2 heterocycles. The first-order valence-electron chi connectivity index (χ1n) is 5.37. The van der Waals surface area contributed by atoms with E-state index in [1.165, 1.54) is 6.42 Å². The van der Waals surface area contributed by atoms with Crippen LogP contribution in [0.1, 0.15) is 32.0 Å². The molecule has 1 atom stereocenters. The zero-order valence-corrected chi connectivity index (χ0v) is 8.90. The third kappa shape index (κ3) is 2.12. The molecule has 0 aromatic carbocycles. The Labute approximate surface area is 84.7 Å². The summed E-state index contributed by atoms with van der Waals surface area (Å²) in [7, 11) is 0. The molecule has 1 unspecified atom stereocenters. The first-order valence-corrected chi connectivity index (χ1v) is 5.37. The average Bonchev–Trinajstić information content (AvgIpc) is 2.75. The minimum Gasteiger partial charge on any atom is -0.316 e. The molecule has 1 aliphatic rings. The molecule has 0 radical (unpaired) electrons. The fourth-order valence-corrected chi connectivity index (χ4v) is 1.84. The summed E-state index contributed by atoms with van der Waals surface area (Å²) < 4.78 is 1.93. The van der Waals surface area contributed by atoms with Crippen molar-refractivity contribution in [2.45, 2.75) is 32.7 Å². The van der Waals surface area contributed by atoms with Gasteiger partial charge in [0.1, 0.15) is 0 Å². The quantitative estimate of drug-likeness (QED) is 0.781. The number of nitrogens with zero attached hydrogens (tertiary/aromatic N) is 3. The van der Waals surface area contributed by atoms with Crippen LogP contribution in [0.15, 0.2) is 6.20 Å². The second-order valence-corrected chi connectivity index (χ2v) is 4.35. The number of aromatic nitrogens is 3. The number of rotatable bonds is 3. The topological polar surface area (TPSA) is 42.7 Å². The zero-order chi connectivity index (χ0) is 9.97. The van der Waals surface area contributed by atoms with Crippen LogP contribution in [0.3, 0.4) is 0 Å². The van der Waals surface area contributed by atoms with Gasteiger partial charge in [-0.05, 0) is 45.7 Å². The van der Waals surface area contributed by atoms with E-state index in [9.17, 15) is 0 Å². The smallest absolute Gasteiger partial charge is 0.0830 e. The highest BCUT2D eigenvalue weighted by Gasteiger charge is 2.16. The van der Waals surface area contributed by atoms with Gasteiger partial charge in [-0.3, -0.25) is 0 Å². The van der Waals surface area contributed by atoms with Crippen molar-refractivity contribution in [2.75, 3.05) is 13.1 Å². The molecule has 0 spiro atoms. The van der Waals surface area contributed by atoms with Gasteiger partial charge in [0.15, 0.2) is 0 Å². The van der Waals surface area contributed by atoms with Crippen molar-refractivity contribution in [1.29, 1.82) is 0 Å². The largest absolute Gasteiger partial charge is 0.316 e. The van der Waals surface area contributed by atoms with E-state index in [2.05, 4.69) is 35.7 Å². The maximum Gasteiger partial charge on any atom is 0.0830 e. The SMILES string of the molecule is CC(C)n1cc(CC2CCNC2)nn1. The summed E-state index contributed by atoms with van der Waals surface area (Å²) in [4.78, 5) is 0. The van der Waals surface area contributed by atoms with Gasteiger partial charge in [0, 0.05) is 12.2 Å². The van der Waals surface area contributed by atoms with E-state index in [0.717, 1.165) is 31.1 Å². The minimum atomic E-state index is 0.415. The summed E-state index contributed by atoms with van der Waals surface area (Å²) in [5, 5.41) is 11.7. The molecule has 4 nitrogen and oxygen atoms in total. The molecule has 1 aromatic rings. The molecular formula is C10H18N4. The second-order valence-electron chi connectivity index (χ2n) is 4.35. The van der Waals surface area contributed by atoms with E-state index in [1.807, 2.05) is 4.68 Å². The van der Waals surface area contributed by atoms with Gasteiger partial charge >= 0.3 is 0 Å². The molecule has 14 heavy (non-hydrogen) atoms. The van der Waals surface area contributed by atoms with Crippen LogP contribution in [0.4, 0.5) is 0 Å². The molecular weight excluding hydrogens is 176 g/mol. The highest BCUT2D eigenvalue weighted by Crippen LogP contribution is 2.13. The Morgan fingerprint density at radius 1 is 1.64 bits per heavy atom. The zero-order valence-electron chi connectivity index (χ0n) is 8.90. The number of nitrogens with one attached hydrogen (secondary N) is 1. The van der Waals surface area contributed by atoms with Crippen molar-refractivity contribution in [3.63, 3.8) is 0 Å². The van der Waals surface area contributed by atoms with Crippen LogP contribution in [0.25, 0.3) is 0 Å². The molecule has 2 rings (SSSR count). The highest BCUT2D eigenvalue weighted by molar-refractivity contribution is 4.96. The molecule has 1 saturated heterocycles. The average molecular weight is 194 g/mol. The maximum atomic E-state index is 4.19. The van der Waals surface area contributed by atoms with Gasteiger partial charge in [-0.1, -0.05) is 5.21 Å². The number of hydrogen-bond donors (Lipinski definition) is 1. The molecule has 1 N–H and O–H groups in total. The Morgan fingerprint density at radius 2 is 2.50 bits per heavy atom. The van der Waals surface area contributed by atoms with Crippen molar-refractivity contribution in [1.82, 2.24) is 20.3 Å². The molecule has 78 valence electrons. The van der Waals surface area contributed by atoms with Gasteiger partial charge in [0.2, 0.25) is 0 Å².